The number of thioether (sulfide) groups is 1. The molecule has 0 aliphatic heterocycles. The van der Waals surface area contributed by atoms with Gasteiger partial charge in [0.15, 0.2) is 4.80 Å². The van der Waals surface area contributed by atoms with Crippen LogP contribution in [0, 0.1) is 0 Å². The zero-order chi connectivity index (χ0) is 20.5. The summed E-state index contributed by atoms with van der Waals surface area (Å²) in [6.07, 6.45) is 1.25. The first-order valence-electron chi connectivity index (χ1n) is 9.71. The number of thiazole rings is 1. The van der Waals surface area contributed by atoms with Gasteiger partial charge in [0.05, 0.1) is 23.4 Å². The highest BCUT2D eigenvalue weighted by Gasteiger charge is 2.09. The van der Waals surface area contributed by atoms with Gasteiger partial charge in [-0.1, -0.05) is 29.5 Å². The molecule has 0 saturated heterocycles. The van der Waals surface area contributed by atoms with E-state index in [9.17, 15) is 4.79 Å². The Kier molecular flexibility index (Phi) is 8.34. The molecule has 0 atom stereocenters. The van der Waals surface area contributed by atoms with Crippen LogP contribution in [0.4, 0.5) is 0 Å². The first kappa shape index (κ1) is 21.6. The van der Waals surface area contributed by atoms with Gasteiger partial charge in [0, 0.05) is 25.0 Å². The summed E-state index contributed by atoms with van der Waals surface area (Å²) < 4.78 is 13.9. The Labute approximate surface area is 179 Å². The van der Waals surface area contributed by atoms with Crippen molar-refractivity contribution in [2.45, 2.75) is 31.2 Å². The van der Waals surface area contributed by atoms with Crippen LogP contribution in [0.25, 0.3) is 10.2 Å². The first-order valence-corrected chi connectivity index (χ1v) is 11.5. The average Bonchev–Trinajstić information content (AvgIpc) is 3.06. The van der Waals surface area contributed by atoms with E-state index in [2.05, 4.69) is 21.7 Å². The molecule has 3 rings (SSSR count). The molecule has 0 aliphatic carbocycles. The fourth-order valence-electron chi connectivity index (χ4n) is 2.89. The number of benzene rings is 2. The van der Waals surface area contributed by atoms with Gasteiger partial charge >= 0.3 is 0 Å². The number of hydrogen-bond donors (Lipinski definition) is 0. The highest BCUT2D eigenvalue weighted by atomic mass is 32.2. The van der Waals surface area contributed by atoms with Crippen LogP contribution in [0.3, 0.4) is 0 Å². The summed E-state index contributed by atoms with van der Waals surface area (Å²) in [7, 11) is 1.68. The van der Waals surface area contributed by atoms with Crippen molar-refractivity contribution >= 4 is 39.2 Å². The van der Waals surface area contributed by atoms with E-state index in [1.807, 2.05) is 43.3 Å². The van der Waals surface area contributed by atoms with Crippen LogP contribution in [0.15, 0.2) is 58.4 Å². The van der Waals surface area contributed by atoms with E-state index in [4.69, 9.17) is 9.47 Å². The minimum atomic E-state index is -0.0820. The van der Waals surface area contributed by atoms with Gasteiger partial charge in [-0.3, -0.25) is 4.79 Å². The molecule has 1 heterocycles. The van der Waals surface area contributed by atoms with Gasteiger partial charge in [-0.25, -0.2) is 0 Å². The molecule has 1 amide bonds. The zero-order valence-electron chi connectivity index (χ0n) is 16.8. The van der Waals surface area contributed by atoms with Gasteiger partial charge in [-0.15, -0.1) is 11.8 Å². The van der Waals surface area contributed by atoms with Crippen LogP contribution < -0.4 is 9.54 Å². The Morgan fingerprint density at radius 3 is 2.79 bits per heavy atom. The largest absolute Gasteiger partial charge is 0.494 e. The number of rotatable bonds is 10. The van der Waals surface area contributed by atoms with Crippen molar-refractivity contribution in [2.24, 2.45) is 4.99 Å². The lowest BCUT2D eigenvalue weighted by Crippen LogP contribution is -2.19. The van der Waals surface area contributed by atoms with Crippen molar-refractivity contribution in [2.75, 3.05) is 26.1 Å². The lowest BCUT2D eigenvalue weighted by atomic mass is 10.3. The topological polar surface area (TPSA) is 52.8 Å². The smallest absolute Gasteiger partial charge is 0.248 e. The SMILES string of the molecule is CCOc1ccc2c(c1)sc(=NC(=O)CCCSc1ccccc1)n2CCOC. The molecule has 2 aromatic carbocycles. The Bertz CT molecular complexity index is 996. The fraction of sp³-hybridized carbons (Fsp3) is 0.364. The summed E-state index contributed by atoms with van der Waals surface area (Å²) in [6.45, 7) is 3.80. The number of methoxy groups -OCH3 is 1. The van der Waals surface area contributed by atoms with Crippen molar-refractivity contribution in [3.8, 4) is 5.75 Å². The van der Waals surface area contributed by atoms with E-state index in [0.717, 1.165) is 28.1 Å². The first-order chi connectivity index (χ1) is 14.2. The van der Waals surface area contributed by atoms with Crippen molar-refractivity contribution in [3.63, 3.8) is 0 Å². The highest BCUT2D eigenvalue weighted by molar-refractivity contribution is 7.99. The zero-order valence-corrected chi connectivity index (χ0v) is 18.4. The Morgan fingerprint density at radius 2 is 2.03 bits per heavy atom. The fourth-order valence-corrected chi connectivity index (χ4v) is 4.86. The van der Waals surface area contributed by atoms with E-state index in [1.54, 1.807) is 18.9 Å². The number of carbonyl (C=O) groups is 1. The maximum atomic E-state index is 12.5. The molecule has 1 aromatic heterocycles. The van der Waals surface area contributed by atoms with Crippen LogP contribution in [0.2, 0.25) is 0 Å². The summed E-state index contributed by atoms with van der Waals surface area (Å²) >= 11 is 3.28. The number of ether oxygens (including phenoxy) is 2. The van der Waals surface area contributed by atoms with E-state index in [1.165, 1.54) is 16.2 Å². The van der Waals surface area contributed by atoms with Gasteiger partial charge in [-0.2, -0.15) is 4.99 Å². The van der Waals surface area contributed by atoms with Crippen molar-refractivity contribution in [3.05, 3.63) is 53.3 Å². The normalized spacial score (nSPS) is 11.9. The molecule has 0 bridgehead atoms. The minimum Gasteiger partial charge on any atom is -0.494 e. The van der Waals surface area contributed by atoms with Crippen molar-refractivity contribution in [1.29, 1.82) is 0 Å². The number of hydrogen-bond acceptors (Lipinski definition) is 5. The molecule has 0 N–H and O–H groups in total. The van der Waals surface area contributed by atoms with Gasteiger partial charge in [0.25, 0.3) is 0 Å². The molecule has 0 aliphatic rings. The Balaban J connectivity index is 1.71. The summed E-state index contributed by atoms with van der Waals surface area (Å²) in [6, 6.07) is 16.2. The number of amides is 1. The molecule has 0 spiro atoms. The summed E-state index contributed by atoms with van der Waals surface area (Å²) in [5.74, 6) is 1.65. The second-order valence-electron chi connectivity index (χ2n) is 6.36. The maximum Gasteiger partial charge on any atom is 0.248 e. The molecule has 0 saturated carbocycles. The third-order valence-electron chi connectivity index (χ3n) is 4.25. The van der Waals surface area contributed by atoms with E-state index in [0.29, 0.717) is 31.0 Å². The predicted molar refractivity (Wildman–Crippen MR) is 120 cm³/mol. The van der Waals surface area contributed by atoms with Gasteiger partial charge < -0.3 is 14.0 Å². The van der Waals surface area contributed by atoms with Gasteiger partial charge in [-0.05, 0) is 49.4 Å². The molecule has 0 radical (unpaired) electrons. The van der Waals surface area contributed by atoms with Gasteiger partial charge in [0.2, 0.25) is 5.91 Å². The van der Waals surface area contributed by atoms with E-state index in [-0.39, 0.29) is 5.91 Å². The molecule has 5 nitrogen and oxygen atoms in total. The molecule has 0 unspecified atom stereocenters. The Hall–Kier alpha value is -2.09. The van der Waals surface area contributed by atoms with E-state index < -0.39 is 0 Å². The molecule has 3 aromatic rings. The molecule has 0 fully saturated rings. The second-order valence-corrected chi connectivity index (χ2v) is 8.54. The average molecular weight is 431 g/mol. The summed E-state index contributed by atoms with van der Waals surface area (Å²) in [5.41, 5.74) is 1.04. The second kappa shape index (κ2) is 11.2. The third-order valence-corrected chi connectivity index (χ3v) is 6.39. The van der Waals surface area contributed by atoms with E-state index >= 15 is 0 Å². The van der Waals surface area contributed by atoms with Crippen LogP contribution in [0.5, 0.6) is 5.75 Å². The molecule has 154 valence electrons. The van der Waals surface area contributed by atoms with Crippen molar-refractivity contribution in [1.82, 2.24) is 4.57 Å². The predicted octanol–water partition coefficient (Wildman–Crippen LogP) is 4.75. The van der Waals surface area contributed by atoms with Crippen LogP contribution >= 0.6 is 23.1 Å². The quantitative estimate of drug-likeness (QED) is 0.344. The highest BCUT2D eigenvalue weighted by Crippen LogP contribution is 2.23. The standard InChI is InChI=1S/C22H26N2O3S2/c1-3-27-17-11-12-19-20(16-17)29-22(24(19)13-14-26-2)23-21(25)10-7-15-28-18-8-5-4-6-9-18/h4-6,8-9,11-12,16H,3,7,10,13-15H2,1-2H3. The monoisotopic (exact) mass is 430 g/mol. The summed E-state index contributed by atoms with van der Waals surface area (Å²) in [4.78, 5) is 18.8. The third kappa shape index (κ3) is 6.19. The van der Waals surface area contributed by atoms with Crippen molar-refractivity contribution < 1.29 is 14.3 Å². The summed E-state index contributed by atoms with van der Waals surface area (Å²) in [5, 5.41) is 0. The number of fused-ring (bicyclic) bond motifs is 1. The molecular formula is C22H26N2O3S2. The number of carbonyl (C=O) groups excluding carboxylic acids is 1. The number of nitrogens with zero attached hydrogens (tertiary/aromatic N) is 2. The van der Waals surface area contributed by atoms with Crippen LogP contribution in [-0.2, 0) is 16.1 Å². The van der Waals surface area contributed by atoms with Crippen LogP contribution in [-0.4, -0.2) is 36.6 Å². The number of aromatic nitrogens is 1. The maximum absolute atomic E-state index is 12.5. The molecule has 29 heavy (non-hydrogen) atoms. The lowest BCUT2D eigenvalue weighted by Gasteiger charge is -2.06. The van der Waals surface area contributed by atoms with Gasteiger partial charge in [0.1, 0.15) is 5.75 Å². The minimum absolute atomic E-state index is 0.0820. The molecule has 7 heteroatoms. The lowest BCUT2D eigenvalue weighted by molar-refractivity contribution is -0.118. The molecular weight excluding hydrogens is 404 g/mol. The van der Waals surface area contributed by atoms with Crippen LogP contribution in [0.1, 0.15) is 19.8 Å². The Morgan fingerprint density at radius 1 is 1.21 bits per heavy atom.